The third-order valence-electron chi connectivity index (χ3n) is 1.56. The van der Waals surface area contributed by atoms with E-state index in [4.69, 9.17) is 0 Å². The molecule has 0 aromatic heterocycles. The lowest BCUT2D eigenvalue weighted by molar-refractivity contribution is 1.19. The third-order valence-corrected chi connectivity index (χ3v) is 2.46. The molecule has 0 rings (SSSR count). The molecule has 0 saturated carbocycles. The van der Waals surface area contributed by atoms with E-state index in [1.165, 1.54) is 10.5 Å². The molecule has 0 aromatic rings. The lowest BCUT2D eigenvalue weighted by atomic mass is 10.2. The van der Waals surface area contributed by atoms with E-state index in [1.807, 2.05) is 6.92 Å². The molecule has 68 valence electrons. The van der Waals surface area contributed by atoms with Crippen molar-refractivity contribution in [2.45, 2.75) is 27.2 Å². The van der Waals surface area contributed by atoms with E-state index in [1.54, 1.807) is 11.8 Å². The summed E-state index contributed by atoms with van der Waals surface area (Å²) < 4.78 is 0. The van der Waals surface area contributed by atoms with Crippen LogP contribution in [0.2, 0.25) is 0 Å². The molecule has 0 nitrogen and oxygen atoms in total. The van der Waals surface area contributed by atoms with Gasteiger partial charge in [-0.05, 0) is 38.2 Å². The minimum absolute atomic E-state index is 1.11. The van der Waals surface area contributed by atoms with Crippen molar-refractivity contribution in [3.05, 3.63) is 34.8 Å². The smallest absolute Gasteiger partial charge is 0.00950 e. The second-order valence-corrected chi connectivity index (χ2v) is 3.40. The fourth-order valence-electron chi connectivity index (χ4n) is 0.951. The fraction of sp³-hybridized carbons (Fsp3) is 0.455. The van der Waals surface area contributed by atoms with Crippen molar-refractivity contribution in [1.29, 1.82) is 0 Å². The molecule has 0 aliphatic heterocycles. The van der Waals surface area contributed by atoms with Crippen LogP contribution in [0.25, 0.3) is 0 Å². The largest absolute Gasteiger partial charge is 0.129 e. The van der Waals surface area contributed by atoms with Gasteiger partial charge in [0.1, 0.15) is 0 Å². The monoisotopic (exact) mass is 182 g/mol. The van der Waals surface area contributed by atoms with Gasteiger partial charge in [0.2, 0.25) is 0 Å². The summed E-state index contributed by atoms with van der Waals surface area (Å²) in [6.07, 6.45) is 11.8. The molecule has 0 aliphatic carbocycles. The van der Waals surface area contributed by atoms with Crippen LogP contribution in [0.3, 0.4) is 0 Å². The predicted octanol–water partition coefficient (Wildman–Crippen LogP) is 4.17. The van der Waals surface area contributed by atoms with Gasteiger partial charge in [0.25, 0.3) is 0 Å². The molecule has 0 fully saturated rings. The van der Waals surface area contributed by atoms with E-state index in [0.717, 1.165) is 6.42 Å². The highest BCUT2D eigenvalue weighted by molar-refractivity contribution is 8.02. The summed E-state index contributed by atoms with van der Waals surface area (Å²) in [5.41, 5.74) is 1.38. The molecule has 0 aromatic carbocycles. The predicted molar refractivity (Wildman–Crippen MR) is 60.5 cm³/mol. The highest BCUT2D eigenvalue weighted by atomic mass is 32.2. The molecule has 0 aliphatic rings. The minimum atomic E-state index is 1.11. The second-order valence-electron chi connectivity index (χ2n) is 2.56. The molecule has 0 unspecified atom stereocenters. The summed E-state index contributed by atoms with van der Waals surface area (Å²) in [7, 11) is 0. The number of hydrogen-bond acceptors (Lipinski definition) is 1. The Kier molecular flexibility index (Phi) is 6.97. The van der Waals surface area contributed by atoms with Crippen molar-refractivity contribution in [2.24, 2.45) is 0 Å². The van der Waals surface area contributed by atoms with Crippen LogP contribution in [-0.2, 0) is 0 Å². The Morgan fingerprint density at radius 3 is 2.50 bits per heavy atom. The Balaban J connectivity index is 4.43. The van der Waals surface area contributed by atoms with Gasteiger partial charge in [-0.25, -0.2) is 0 Å². The van der Waals surface area contributed by atoms with Gasteiger partial charge < -0.3 is 0 Å². The number of allylic oxidation sites excluding steroid dienone is 5. The summed E-state index contributed by atoms with van der Waals surface area (Å²) in [4.78, 5) is 1.36. The molecule has 12 heavy (non-hydrogen) atoms. The van der Waals surface area contributed by atoms with Gasteiger partial charge in [0.15, 0.2) is 0 Å². The molecule has 0 bridgehead atoms. The van der Waals surface area contributed by atoms with E-state index < -0.39 is 0 Å². The lowest BCUT2D eigenvalue weighted by Crippen LogP contribution is -1.78. The van der Waals surface area contributed by atoms with E-state index in [2.05, 4.69) is 44.4 Å². The van der Waals surface area contributed by atoms with Crippen molar-refractivity contribution in [3.8, 4) is 0 Å². The Morgan fingerprint density at radius 2 is 2.08 bits per heavy atom. The van der Waals surface area contributed by atoms with Crippen molar-refractivity contribution in [2.75, 3.05) is 6.26 Å². The van der Waals surface area contributed by atoms with Gasteiger partial charge in [-0.2, -0.15) is 0 Å². The van der Waals surface area contributed by atoms with Crippen LogP contribution in [0.15, 0.2) is 34.8 Å². The van der Waals surface area contributed by atoms with Gasteiger partial charge in [-0.1, -0.05) is 25.2 Å². The van der Waals surface area contributed by atoms with Crippen LogP contribution in [0.4, 0.5) is 0 Å². The number of hydrogen-bond donors (Lipinski definition) is 0. The number of thioether (sulfide) groups is 1. The molecular formula is C11H18S. The summed E-state index contributed by atoms with van der Waals surface area (Å²) in [6, 6.07) is 0. The molecule has 0 atom stereocenters. The number of rotatable bonds is 4. The topological polar surface area (TPSA) is 0 Å². The summed E-state index contributed by atoms with van der Waals surface area (Å²) >= 11 is 1.80. The van der Waals surface area contributed by atoms with Gasteiger partial charge in [-0.3, -0.25) is 0 Å². The fourth-order valence-corrected chi connectivity index (χ4v) is 1.57. The van der Waals surface area contributed by atoms with Crippen LogP contribution in [0.5, 0.6) is 0 Å². The molecule has 0 heterocycles. The minimum Gasteiger partial charge on any atom is -0.129 e. The standard InChI is InChI=1S/C11H18S/c1-5-7-9-11(12-4)10(3)8-6-2/h5,7-9H,6H2,1-4H3/b7-5+,10-8-,11-9+. The zero-order chi connectivity index (χ0) is 9.40. The maximum absolute atomic E-state index is 2.26. The van der Waals surface area contributed by atoms with E-state index in [0.29, 0.717) is 0 Å². The average Bonchev–Trinajstić information content (AvgIpc) is 2.06. The maximum atomic E-state index is 2.26. The Hall–Kier alpha value is -0.430. The van der Waals surface area contributed by atoms with Gasteiger partial charge in [-0.15, -0.1) is 11.8 Å². The van der Waals surface area contributed by atoms with Gasteiger partial charge in [0, 0.05) is 4.91 Å². The molecule has 0 saturated heterocycles. The highest BCUT2D eigenvalue weighted by Gasteiger charge is 1.94. The molecule has 0 amide bonds. The molecular weight excluding hydrogens is 164 g/mol. The first-order valence-corrected chi connectivity index (χ1v) is 5.52. The first-order valence-electron chi connectivity index (χ1n) is 4.30. The van der Waals surface area contributed by atoms with Crippen LogP contribution >= 0.6 is 11.8 Å². The van der Waals surface area contributed by atoms with Gasteiger partial charge in [0.05, 0.1) is 0 Å². The Labute approximate surface area is 80.4 Å². The molecule has 0 radical (unpaired) electrons. The third kappa shape index (κ3) is 4.45. The van der Waals surface area contributed by atoms with Gasteiger partial charge >= 0.3 is 0 Å². The summed E-state index contributed by atoms with van der Waals surface area (Å²) in [5, 5.41) is 0. The zero-order valence-corrected chi connectivity index (χ0v) is 9.24. The van der Waals surface area contributed by atoms with Crippen molar-refractivity contribution in [1.82, 2.24) is 0 Å². The second kappa shape index (κ2) is 7.23. The zero-order valence-electron chi connectivity index (χ0n) is 8.42. The Morgan fingerprint density at radius 1 is 1.42 bits per heavy atom. The van der Waals surface area contributed by atoms with Crippen molar-refractivity contribution in [3.63, 3.8) is 0 Å². The molecule has 0 spiro atoms. The Bertz CT molecular complexity index is 197. The van der Waals surface area contributed by atoms with E-state index >= 15 is 0 Å². The average molecular weight is 182 g/mol. The normalized spacial score (nSPS) is 14.3. The van der Waals surface area contributed by atoms with Crippen LogP contribution in [0, 0.1) is 0 Å². The maximum Gasteiger partial charge on any atom is 0.00950 e. The summed E-state index contributed by atoms with van der Waals surface area (Å²) in [5.74, 6) is 0. The molecule has 1 heteroatoms. The van der Waals surface area contributed by atoms with Crippen LogP contribution in [-0.4, -0.2) is 6.26 Å². The summed E-state index contributed by atoms with van der Waals surface area (Å²) in [6.45, 7) is 6.36. The quantitative estimate of drug-likeness (QED) is 0.588. The van der Waals surface area contributed by atoms with Crippen molar-refractivity contribution >= 4 is 11.8 Å². The van der Waals surface area contributed by atoms with Crippen LogP contribution in [0.1, 0.15) is 27.2 Å². The molecule has 0 N–H and O–H groups in total. The first kappa shape index (κ1) is 11.6. The van der Waals surface area contributed by atoms with Crippen LogP contribution < -0.4 is 0 Å². The lowest BCUT2D eigenvalue weighted by Gasteiger charge is -2.02. The van der Waals surface area contributed by atoms with E-state index in [-0.39, 0.29) is 0 Å². The highest BCUT2D eigenvalue weighted by Crippen LogP contribution is 2.21. The first-order chi connectivity index (χ1) is 5.76. The SMILES string of the molecule is C/C=C/C=C(SC)\C(C)=C/CC. The van der Waals surface area contributed by atoms with E-state index in [9.17, 15) is 0 Å². The van der Waals surface area contributed by atoms with Crippen molar-refractivity contribution < 1.29 is 0 Å².